The topological polar surface area (TPSA) is 96.2 Å². The van der Waals surface area contributed by atoms with Gasteiger partial charge in [-0.05, 0) is 20.8 Å². The smallest absolute Gasteiger partial charge is 0.239 e. The second kappa shape index (κ2) is 7.04. The van der Waals surface area contributed by atoms with Crippen molar-refractivity contribution in [2.24, 2.45) is 5.84 Å². The highest BCUT2D eigenvalue weighted by Crippen LogP contribution is 2.22. The minimum absolute atomic E-state index is 0.0409. The van der Waals surface area contributed by atoms with Gasteiger partial charge in [-0.3, -0.25) is 4.79 Å². The summed E-state index contributed by atoms with van der Waals surface area (Å²) < 4.78 is 0. The molecule has 0 aliphatic heterocycles. The van der Waals surface area contributed by atoms with Gasteiger partial charge in [-0.25, -0.2) is 15.8 Å². The lowest BCUT2D eigenvalue weighted by molar-refractivity contribution is -0.120. The first-order valence-electron chi connectivity index (χ1n) is 6.73. The van der Waals surface area contributed by atoms with E-state index in [9.17, 15) is 4.79 Å². The maximum absolute atomic E-state index is 11.8. The molecule has 0 fully saturated rings. The summed E-state index contributed by atoms with van der Waals surface area (Å²) in [5, 5.41) is 2.86. The molecule has 1 aromatic rings. The molecule has 0 atom stereocenters. The lowest BCUT2D eigenvalue weighted by atomic mass is 10.2. The fourth-order valence-electron chi connectivity index (χ4n) is 1.88. The molecule has 0 unspecified atom stereocenters. The third-order valence-electron chi connectivity index (χ3n) is 2.81. The van der Waals surface area contributed by atoms with Crippen LogP contribution in [-0.4, -0.2) is 35.5 Å². The molecule has 0 aliphatic carbocycles. The van der Waals surface area contributed by atoms with Gasteiger partial charge in [0.05, 0.1) is 6.54 Å². The standard InChI is InChI=1S/C13H24N6O/c1-6-10-16-12(18-14)9(4)13(17-10)19(5)7-11(20)15-8(2)3/h8H,6-7,14H2,1-5H3,(H,15,20)(H,16,17,18). The van der Waals surface area contributed by atoms with Gasteiger partial charge in [0.25, 0.3) is 0 Å². The van der Waals surface area contributed by atoms with Crippen LogP contribution in [0.1, 0.15) is 32.2 Å². The van der Waals surface area contributed by atoms with E-state index in [4.69, 9.17) is 5.84 Å². The first kappa shape index (κ1) is 16.2. The lowest BCUT2D eigenvalue weighted by Gasteiger charge is -2.22. The molecule has 1 amide bonds. The van der Waals surface area contributed by atoms with Crippen molar-refractivity contribution in [2.45, 2.75) is 40.2 Å². The zero-order valence-corrected chi connectivity index (χ0v) is 12.8. The maximum atomic E-state index is 11.8. The second-order valence-corrected chi connectivity index (χ2v) is 5.01. The number of carbonyl (C=O) groups is 1. The molecule has 0 bridgehead atoms. The van der Waals surface area contributed by atoms with Crippen molar-refractivity contribution < 1.29 is 4.79 Å². The normalized spacial score (nSPS) is 10.6. The molecule has 7 nitrogen and oxygen atoms in total. The van der Waals surface area contributed by atoms with E-state index in [1.54, 1.807) is 4.90 Å². The van der Waals surface area contributed by atoms with Gasteiger partial charge in [0.15, 0.2) is 0 Å². The number of hydrogen-bond acceptors (Lipinski definition) is 6. The molecule has 20 heavy (non-hydrogen) atoms. The highest BCUT2D eigenvalue weighted by atomic mass is 16.2. The van der Waals surface area contributed by atoms with Crippen LogP contribution in [0.2, 0.25) is 0 Å². The molecule has 0 saturated carbocycles. The number of amides is 1. The number of carbonyl (C=O) groups excluding carboxylic acids is 1. The molecular weight excluding hydrogens is 256 g/mol. The summed E-state index contributed by atoms with van der Waals surface area (Å²) in [6.45, 7) is 7.95. The van der Waals surface area contributed by atoms with Crippen molar-refractivity contribution in [1.29, 1.82) is 0 Å². The Hall–Kier alpha value is -1.89. The van der Waals surface area contributed by atoms with Gasteiger partial charge >= 0.3 is 0 Å². The van der Waals surface area contributed by atoms with Gasteiger partial charge in [-0.15, -0.1) is 0 Å². The summed E-state index contributed by atoms with van der Waals surface area (Å²) in [6, 6.07) is 0.120. The number of anilines is 2. The monoisotopic (exact) mass is 280 g/mol. The van der Waals surface area contributed by atoms with Crippen LogP contribution in [0.4, 0.5) is 11.6 Å². The Morgan fingerprint density at radius 1 is 1.40 bits per heavy atom. The van der Waals surface area contributed by atoms with Crippen molar-refractivity contribution in [2.75, 3.05) is 23.9 Å². The minimum atomic E-state index is -0.0409. The molecule has 0 radical (unpaired) electrons. The third kappa shape index (κ3) is 4.06. The maximum Gasteiger partial charge on any atom is 0.239 e. The Labute approximate surface area is 119 Å². The number of aromatic nitrogens is 2. The van der Waals surface area contributed by atoms with Crippen LogP contribution in [0.5, 0.6) is 0 Å². The van der Waals surface area contributed by atoms with Crippen molar-refractivity contribution >= 4 is 17.5 Å². The number of nitrogens with zero attached hydrogens (tertiary/aromatic N) is 3. The largest absolute Gasteiger partial charge is 0.352 e. The summed E-state index contributed by atoms with van der Waals surface area (Å²) in [5.74, 6) is 7.42. The molecule has 0 saturated heterocycles. The fourth-order valence-corrected chi connectivity index (χ4v) is 1.88. The SMILES string of the molecule is CCc1nc(NN)c(C)c(N(C)CC(=O)NC(C)C)n1. The van der Waals surface area contributed by atoms with E-state index in [0.717, 1.165) is 5.56 Å². The van der Waals surface area contributed by atoms with Gasteiger partial charge in [0.2, 0.25) is 5.91 Å². The van der Waals surface area contributed by atoms with E-state index in [1.165, 1.54) is 0 Å². The molecular formula is C13H24N6O. The lowest BCUT2D eigenvalue weighted by Crippen LogP contribution is -2.39. The zero-order chi connectivity index (χ0) is 15.3. The van der Waals surface area contributed by atoms with Crippen LogP contribution >= 0.6 is 0 Å². The van der Waals surface area contributed by atoms with Crippen LogP contribution < -0.4 is 21.5 Å². The first-order chi connectivity index (χ1) is 9.38. The predicted molar refractivity (Wildman–Crippen MR) is 80.5 cm³/mol. The molecule has 7 heteroatoms. The summed E-state index contributed by atoms with van der Waals surface area (Å²) >= 11 is 0. The van der Waals surface area contributed by atoms with Gasteiger partial charge in [0, 0.05) is 25.1 Å². The number of nitrogens with one attached hydrogen (secondary N) is 2. The van der Waals surface area contributed by atoms with Crippen LogP contribution in [0.3, 0.4) is 0 Å². The zero-order valence-electron chi connectivity index (χ0n) is 12.8. The van der Waals surface area contributed by atoms with Crippen LogP contribution in [0.15, 0.2) is 0 Å². The molecule has 1 heterocycles. The van der Waals surface area contributed by atoms with E-state index in [2.05, 4.69) is 20.7 Å². The van der Waals surface area contributed by atoms with Crippen molar-refractivity contribution in [1.82, 2.24) is 15.3 Å². The molecule has 1 rings (SSSR count). The summed E-state index contributed by atoms with van der Waals surface area (Å²) in [7, 11) is 1.83. The quantitative estimate of drug-likeness (QED) is 0.521. The highest BCUT2D eigenvalue weighted by molar-refractivity contribution is 5.81. The number of aryl methyl sites for hydroxylation is 1. The van der Waals surface area contributed by atoms with Crippen molar-refractivity contribution in [3.05, 3.63) is 11.4 Å². The van der Waals surface area contributed by atoms with Crippen LogP contribution in [0, 0.1) is 6.92 Å². The fraction of sp³-hybridized carbons (Fsp3) is 0.615. The number of hydrogen-bond donors (Lipinski definition) is 3. The Balaban J connectivity index is 2.96. The van der Waals surface area contributed by atoms with Crippen molar-refractivity contribution in [3.63, 3.8) is 0 Å². The second-order valence-electron chi connectivity index (χ2n) is 5.01. The van der Waals surface area contributed by atoms with Gasteiger partial charge in [-0.1, -0.05) is 6.92 Å². The highest BCUT2D eigenvalue weighted by Gasteiger charge is 2.15. The predicted octanol–water partition coefficient (Wildman–Crippen LogP) is 0.594. The van der Waals surface area contributed by atoms with E-state index in [0.29, 0.717) is 23.9 Å². The Kier molecular flexibility index (Phi) is 5.69. The van der Waals surface area contributed by atoms with Gasteiger partial charge in [-0.2, -0.15) is 0 Å². The van der Waals surface area contributed by atoms with E-state index < -0.39 is 0 Å². The van der Waals surface area contributed by atoms with E-state index in [1.807, 2.05) is 34.7 Å². The van der Waals surface area contributed by atoms with Crippen LogP contribution in [-0.2, 0) is 11.2 Å². The number of likely N-dealkylation sites (N-methyl/N-ethyl adjacent to an activating group) is 1. The summed E-state index contributed by atoms with van der Waals surface area (Å²) in [6.07, 6.45) is 0.702. The summed E-state index contributed by atoms with van der Waals surface area (Å²) in [5.41, 5.74) is 3.40. The number of hydrazine groups is 1. The van der Waals surface area contributed by atoms with Crippen molar-refractivity contribution in [3.8, 4) is 0 Å². The number of rotatable bonds is 6. The van der Waals surface area contributed by atoms with E-state index in [-0.39, 0.29) is 18.5 Å². The Morgan fingerprint density at radius 3 is 2.55 bits per heavy atom. The minimum Gasteiger partial charge on any atom is -0.352 e. The number of nitrogens with two attached hydrogens (primary N) is 1. The molecule has 112 valence electrons. The number of nitrogen functional groups attached to an aromatic ring is 1. The van der Waals surface area contributed by atoms with E-state index >= 15 is 0 Å². The average Bonchev–Trinajstić information content (AvgIpc) is 2.37. The Morgan fingerprint density at radius 2 is 2.05 bits per heavy atom. The van der Waals surface area contributed by atoms with Gasteiger partial charge < -0.3 is 15.6 Å². The van der Waals surface area contributed by atoms with Gasteiger partial charge in [0.1, 0.15) is 17.5 Å². The third-order valence-corrected chi connectivity index (χ3v) is 2.81. The molecule has 0 spiro atoms. The molecule has 1 aromatic heterocycles. The molecule has 4 N–H and O–H groups in total. The first-order valence-corrected chi connectivity index (χ1v) is 6.73. The average molecular weight is 280 g/mol. The Bertz CT molecular complexity index is 474. The van der Waals surface area contributed by atoms with Crippen LogP contribution in [0.25, 0.3) is 0 Å². The summed E-state index contributed by atoms with van der Waals surface area (Å²) in [4.78, 5) is 22.4. The molecule has 0 aliphatic rings. The molecule has 0 aromatic carbocycles.